The van der Waals surface area contributed by atoms with Crippen LogP contribution in [0.25, 0.3) is 0 Å². The summed E-state index contributed by atoms with van der Waals surface area (Å²) in [6.07, 6.45) is 1.35. The van der Waals surface area contributed by atoms with Crippen LogP contribution in [-0.4, -0.2) is 38.3 Å². The second kappa shape index (κ2) is 8.53. The molecule has 1 rings (SSSR count). The van der Waals surface area contributed by atoms with Gasteiger partial charge in [-0.2, -0.15) is 0 Å². The lowest BCUT2D eigenvalue weighted by molar-refractivity contribution is -0.136. The van der Waals surface area contributed by atoms with Gasteiger partial charge in [0, 0.05) is 12.8 Å². The fourth-order valence-electron chi connectivity index (χ4n) is 1.88. The number of hydrogen-bond donors (Lipinski definition) is 1. The molecule has 0 heterocycles. The van der Waals surface area contributed by atoms with Gasteiger partial charge in [-0.1, -0.05) is 13.8 Å². The molecule has 0 unspecified atom stereocenters. The van der Waals surface area contributed by atoms with E-state index in [9.17, 15) is 9.59 Å². The van der Waals surface area contributed by atoms with E-state index in [4.69, 9.17) is 14.2 Å². The van der Waals surface area contributed by atoms with Crippen LogP contribution in [0.2, 0.25) is 0 Å². The number of esters is 1. The maximum atomic E-state index is 12.3. The Kier molecular flexibility index (Phi) is 7.03. The molecule has 6 nitrogen and oxygen atoms in total. The van der Waals surface area contributed by atoms with Crippen molar-refractivity contribution in [1.82, 2.24) is 0 Å². The van der Waals surface area contributed by atoms with Gasteiger partial charge in [0.15, 0.2) is 0 Å². The van der Waals surface area contributed by atoms with Crippen molar-refractivity contribution in [2.75, 3.05) is 26.1 Å². The van der Waals surface area contributed by atoms with Gasteiger partial charge in [0.1, 0.15) is 16.9 Å². The summed E-state index contributed by atoms with van der Waals surface area (Å²) < 4.78 is 15.6. The van der Waals surface area contributed by atoms with Crippen LogP contribution in [0.5, 0.6) is 5.75 Å². The Balaban J connectivity index is 3.05. The van der Waals surface area contributed by atoms with Crippen LogP contribution in [-0.2, 0) is 14.3 Å². The summed E-state index contributed by atoms with van der Waals surface area (Å²) in [4.78, 5) is 24.2. The first kappa shape index (κ1) is 19.0. The van der Waals surface area contributed by atoms with Crippen LogP contribution in [0.1, 0.15) is 44.0 Å². The summed E-state index contributed by atoms with van der Waals surface area (Å²) in [6.45, 7) is 6.04. The van der Waals surface area contributed by atoms with Crippen molar-refractivity contribution < 1.29 is 23.8 Å². The van der Waals surface area contributed by atoms with Gasteiger partial charge in [0.05, 0.1) is 13.7 Å². The van der Waals surface area contributed by atoms with Gasteiger partial charge >= 0.3 is 5.97 Å². The third kappa shape index (κ3) is 4.69. The molecular formula is C17H25NO5. The Labute approximate surface area is 137 Å². The zero-order valence-electron chi connectivity index (χ0n) is 14.4. The van der Waals surface area contributed by atoms with Gasteiger partial charge in [0.25, 0.3) is 5.91 Å². The molecule has 0 fully saturated rings. The van der Waals surface area contributed by atoms with Crippen LogP contribution in [0.3, 0.4) is 0 Å². The largest absolute Gasteiger partial charge is 0.493 e. The topological polar surface area (TPSA) is 73.9 Å². The molecule has 0 saturated carbocycles. The molecule has 0 radical (unpaired) electrons. The Morgan fingerprint density at radius 3 is 2.43 bits per heavy atom. The average Bonchev–Trinajstić information content (AvgIpc) is 2.58. The van der Waals surface area contributed by atoms with Gasteiger partial charge in [-0.25, -0.2) is 4.79 Å². The van der Waals surface area contributed by atoms with Crippen LogP contribution in [0, 0.1) is 0 Å². The highest BCUT2D eigenvalue weighted by Gasteiger charge is 2.31. The molecule has 0 bridgehead atoms. The molecule has 1 aromatic rings. The van der Waals surface area contributed by atoms with E-state index in [1.54, 1.807) is 25.1 Å². The van der Waals surface area contributed by atoms with Crippen molar-refractivity contribution >= 4 is 17.6 Å². The monoisotopic (exact) mass is 323 g/mol. The minimum absolute atomic E-state index is 0.273. The van der Waals surface area contributed by atoms with E-state index < -0.39 is 11.6 Å². The lowest BCUT2D eigenvalue weighted by atomic mass is 10.0. The highest BCUT2D eigenvalue weighted by atomic mass is 16.5. The smallest absolute Gasteiger partial charge is 0.341 e. The van der Waals surface area contributed by atoms with Gasteiger partial charge in [-0.05, 0) is 38.0 Å². The fourth-order valence-corrected chi connectivity index (χ4v) is 1.88. The number of benzene rings is 1. The van der Waals surface area contributed by atoms with Crippen molar-refractivity contribution in [2.24, 2.45) is 0 Å². The maximum absolute atomic E-state index is 12.3. The van der Waals surface area contributed by atoms with E-state index >= 15 is 0 Å². The molecule has 1 aromatic carbocycles. The van der Waals surface area contributed by atoms with Crippen molar-refractivity contribution in [3.8, 4) is 5.75 Å². The van der Waals surface area contributed by atoms with Crippen LogP contribution in [0.15, 0.2) is 18.2 Å². The third-order valence-electron chi connectivity index (χ3n) is 3.71. The molecule has 23 heavy (non-hydrogen) atoms. The van der Waals surface area contributed by atoms with Gasteiger partial charge in [-0.15, -0.1) is 0 Å². The SMILES string of the molecule is CCCOc1ccc(NC(=O)[C@@](C)(CC)OC)cc1C(=O)OC. The van der Waals surface area contributed by atoms with Crippen molar-refractivity contribution in [3.05, 3.63) is 23.8 Å². The quantitative estimate of drug-likeness (QED) is 0.744. The summed E-state index contributed by atoms with van der Waals surface area (Å²) in [5, 5.41) is 2.76. The second-order valence-electron chi connectivity index (χ2n) is 5.29. The number of nitrogens with one attached hydrogen (secondary N) is 1. The Morgan fingerprint density at radius 2 is 1.91 bits per heavy atom. The van der Waals surface area contributed by atoms with E-state index in [1.165, 1.54) is 14.2 Å². The number of ether oxygens (including phenoxy) is 3. The normalized spacial score (nSPS) is 13.1. The van der Waals surface area contributed by atoms with Crippen LogP contribution < -0.4 is 10.1 Å². The first-order chi connectivity index (χ1) is 10.9. The first-order valence-corrected chi connectivity index (χ1v) is 7.63. The standard InChI is InChI=1S/C17H25NO5/c1-6-10-23-14-9-8-12(11-13(14)15(19)21-4)18-16(20)17(3,7-2)22-5/h8-9,11H,6-7,10H2,1-5H3,(H,18,20)/t17-/m1/s1. The summed E-state index contributed by atoms with van der Waals surface area (Å²) in [5.41, 5.74) is -0.173. The number of hydrogen-bond acceptors (Lipinski definition) is 5. The molecule has 0 aromatic heterocycles. The molecule has 0 spiro atoms. The van der Waals surface area contributed by atoms with E-state index in [-0.39, 0.29) is 11.5 Å². The molecule has 0 aliphatic carbocycles. The van der Waals surface area contributed by atoms with E-state index in [0.717, 1.165) is 6.42 Å². The maximum Gasteiger partial charge on any atom is 0.341 e. The van der Waals surface area contributed by atoms with E-state index in [0.29, 0.717) is 24.5 Å². The Bertz CT molecular complexity index is 552. The van der Waals surface area contributed by atoms with Crippen LogP contribution >= 0.6 is 0 Å². The lowest BCUT2D eigenvalue weighted by Crippen LogP contribution is -2.41. The average molecular weight is 323 g/mol. The molecule has 0 aliphatic rings. The van der Waals surface area contributed by atoms with Gasteiger partial charge in [0.2, 0.25) is 0 Å². The van der Waals surface area contributed by atoms with Gasteiger partial charge < -0.3 is 19.5 Å². The fraction of sp³-hybridized carbons (Fsp3) is 0.529. The van der Waals surface area contributed by atoms with Crippen LogP contribution in [0.4, 0.5) is 5.69 Å². The Morgan fingerprint density at radius 1 is 1.22 bits per heavy atom. The third-order valence-corrected chi connectivity index (χ3v) is 3.71. The summed E-state index contributed by atoms with van der Waals surface area (Å²) in [6, 6.07) is 4.87. The number of carbonyl (C=O) groups is 2. The number of rotatable bonds is 8. The molecule has 128 valence electrons. The minimum atomic E-state index is -0.928. The highest BCUT2D eigenvalue weighted by molar-refractivity contribution is 5.99. The predicted molar refractivity (Wildman–Crippen MR) is 87.9 cm³/mol. The summed E-state index contributed by atoms with van der Waals surface area (Å²) in [7, 11) is 2.79. The molecule has 0 saturated heterocycles. The molecule has 0 aliphatic heterocycles. The van der Waals surface area contributed by atoms with E-state index in [1.807, 2.05) is 13.8 Å². The van der Waals surface area contributed by atoms with Crippen molar-refractivity contribution in [2.45, 2.75) is 39.2 Å². The summed E-state index contributed by atoms with van der Waals surface area (Å²) in [5.74, 6) is -0.362. The molecule has 1 N–H and O–H groups in total. The molecular weight excluding hydrogens is 298 g/mol. The minimum Gasteiger partial charge on any atom is -0.493 e. The number of methoxy groups -OCH3 is 2. The number of carbonyl (C=O) groups excluding carboxylic acids is 2. The first-order valence-electron chi connectivity index (χ1n) is 7.63. The molecule has 1 atom stereocenters. The lowest BCUT2D eigenvalue weighted by Gasteiger charge is -2.25. The predicted octanol–water partition coefficient (Wildman–Crippen LogP) is 3.02. The number of amides is 1. The second-order valence-corrected chi connectivity index (χ2v) is 5.29. The molecule has 6 heteroatoms. The van der Waals surface area contributed by atoms with Crippen molar-refractivity contribution in [1.29, 1.82) is 0 Å². The van der Waals surface area contributed by atoms with Gasteiger partial charge in [-0.3, -0.25) is 4.79 Å². The summed E-state index contributed by atoms with van der Waals surface area (Å²) >= 11 is 0. The number of anilines is 1. The van der Waals surface area contributed by atoms with Crippen molar-refractivity contribution in [3.63, 3.8) is 0 Å². The highest BCUT2D eigenvalue weighted by Crippen LogP contribution is 2.25. The zero-order valence-corrected chi connectivity index (χ0v) is 14.4. The Hall–Kier alpha value is -2.08. The molecule has 1 amide bonds. The zero-order chi connectivity index (χ0) is 17.5. The van der Waals surface area contributed by atoms with E-state index in [2.05, 4.69) is 5.32 Å².